The maximum Gasteiger partial charge on any atom is 0.264 e. The SMILES string of the molecule is O=c1ccc(Cc2ccc(Cl)c(Oc3cccc(Cl)c3)c2)n[nH]1. The molecule has 0 unspecified atom stereocenters. The third-order valence-electron chi connectivity index (χ3n) is 3.14. The van der Waals surface area contributed by atoms with Gasteiger partial charge in [0.05, 0.1) is 10.7 Å². The van der Waals surface area contributed by atoms with Crippen molar-refractivity contribution in [2.24, 2.45) is 0 Å². The number of aromatic amines is 1. The summed E-state index contributed by atoms with van der Waals surface area (Å²) < 4.78 is 5.79. The van der Waals surface area contributed by atoms with Crippen molar-refractivity contribution in [3.8, 4) is 11.5 Å². The Balaban J connectivity index is 1.84. The summed E-state index contributed by atoms with van der Waals surface area (Å²) in [6, 6.07) is 15.7. The Kier molecular flexibility index (Phi) is 4.65. The van der Waals surface area contributed by atoms with Crippen LogP contribution in [0.15, 0.2) is 59.4 Å². The quantitative estimate of drug-likeness (QED) is 0.758. The molecule has 23 heavy (non-hydrogen) atoms. The van der Waals surface area contributed by atoms with Crippen molar-refractivity contribution in [1.82, 2.24) is 10.2 Å². The fourth-order valence-corrected chi connectivity index (χ4v) is 2.41. The number of H-pyrrole nitrogens is 1. The molecule has 2 aromatic carbocycles. The van der Waals surface area contributed by atoms with Gasteiger partial charge in [0.1, 0.15) is 11.5 Å². The molecule has 0 spiro atoms. The molecule has 0 radical (unpaired) electrons. The lowest BCUT2D eigenvalue weighted by atomic mass is 10.1. The van der Waals surface area contributed by atoms with E-state index in [2.05, 4.69) is 10.2 Å². The topological polar surface area (TPSA) is 55.0 Å². The summed E-state index contributed by atoms with van der Waals surface area (Å²) >= 11 is 12.1. The van der Waals surface area contributed by atoms with Gasteiger partial charge >= 0.3 is 0 Å². The molecule has 0 aliphatic carbocycles. The molecule has 116 valence electrons. The van der Waals surface area contributed by atoms with Gasteiger partial charge in [0.25, 0.3) is 5.56 Å². The molecule has 0 atom stereocenters. The summed E-state index contributed by atoms with van der Waals surface area (Å²) in [6.07, 6.45) is 0.555. The zero-order chi connectivity index (χ0) is 16.2. The van der Waals surface area contributed by atoms with Crippen molar-refractivity contribution >= 4 is 23.2 Å². The smallest absolute Gasteiger partial charge is 0.264 e. The van der Waals surface area contributed by atoms with Gasteiger partial charge < -0.3 is 4.74 Å². The van der Waals surface area contributed by atoms with Crippen LogP contribution >= 0.6 is 23.2 Å². The number of halogens is 2. The highest BCUT2D eigenvalue weighted by Gasteiger charge is 2.07. The Morgan fingerprint density at radius 2 is 1.91 bits per heavy atom. The molecule has 0 saturated carbocycles. The average molecular weight is 347 g/mol. The third-order valence-corrected chi connectivity index (χ3v) is 3.69. The number of nitrogens with zero attached hydrogens (tertiary/aromatic N) is 1. The molecule has 1 N–H and O–H groups in total. The molecular weight excluding hydrogens is 335 g/mol. The Bertz CT molecular complexity index is 873. The van der Waals surface area contributed by atoms with Crippen LogP contribution in [0.25, 0.3) is 0 Å². The van der Waals surface area contributed by atoms with Crippen molar-refractivity contribution in [1.29, 1.82) is 0 Å². The number of aromatic nitrogens is 2. The van der Waals surface area contributed by atoms with E-state index in [1.807, 2.05) is 12.1 Å². The van der Waals surface area contributed by atoms with E-state index >= 15 is 0 Å². The Hall–Kier alpha value is -2.30. The highest BCUT2D eigenvalue weighted by molar-refractivity contribution is 6.32. The molecule has 3 rings (SSSR count). The van der Waals surface area contributed by atoms with E-state index in [1.54, 1.807) is 36.4 Å². The van der Waals surface area contributed by atoms with E-state index in [9.17, 15) is 4.79 Å². The summed E-state index contributed by atoms with van der Waals surface area (Å²) in [5, 5.41) is 7.50. The normalized spacial score (nSPS) is 10.5. The Labute approximate surface area is 142 Å². The van der Waals surface area contributed by atoms with E-state index in [4.69, 9.17) is 27.9 Å². The van der Waals surface area contributed by atoms with Crippen LogP contribution in [0.2, 0.25) is 10.0 Å². The average Bonchev–Trinajstić information content (AvgIpc) is 2.53. The van der Waals surface area contributed by atoms with Crippen molar-refractivity contribution in [2.45, 2.75) is 6.42 Å². The molecule has 3 aromatic rings. The van der Waals surface area contributed by atoms with Gasteiger partial charge in [0, 0.05) is 17.5 Å². The van der Waals surface area contributed by atoms with Crippen LogP contribution in [0, 0.1) is 0 Å². The summed E-state index contributed by atoms with van der Waals surface area (Å²) in [6.45, 7) is 0. The molecular formula is C17H12Cl2N2O2. The lowest BCUT2D eigenvalue weighted by Crippen LogP contribution is -2.07. The van der Waals surface area contributed by atoms with Crippen molar-refractivity contribution in [2.75, 3.05) is 0 Å². The van der Waals surface area contributed by atoms with Gasteiger partial charge in [-0.1, -0.05) is 35.3 Å². The first-order chi connectivity index (χ1) is 11.1. The number of hydrogen-bond acceptors (Lipinski definition) is 3. The second kappa shape index (κ2) is 6.86. The van der Waals surface area contributed by atoms with Gasteiger partial charge in [-0.2, -0.15) is 5.10 Å². The summed E-state index contributed by atoms with van der Waals surface area (Å²) in [5.74, 6) is 1.15. The van der Waals surface area contributed by atoms with E-state index < -0.39 is 0 Å². The fraction of sp³-hybridized carbons (Fsp3) is 0.0588. The van der Waals surface area contributed by atoms with Gasteiger partial charge in [0.2, 0.25) is 0 Å². The highest BCUT2D eigenvalue weighted by Crippen LogP contribution is 2.31. The predicted molar refractivity (Wildman–Crippen MR) is 90.6 cm³/mol. The zero-order valence-electron chi connectivity index (χ0n) is 11.9. The second-order valence-electron chi connectivity index (χ2n) is 4.91. The molecule has 4 nitrogen and oxygen atoms in total. The largest absolute Gasteiger partial charge is 0.456 e. The van der Waals surface area contributed by atoms with Gasteiger partial charge in [0.15, 0.2) is 0 Å². The number of rotatable bonds is 4. The molecule has 1 heterocycles. The molecule has 0 amide bonds. The van der Waals surface area contributed by atoms with E-state index in [-0.39, 0.29) is 5.56 Å². The highest BCUT2D eigenvalue weighted by atomic mass is 35.5. The Morgan fingerprint density at radius 3 is 2.65 bits per heavy atom. The first kappa shape index (κ1) is 15.6. The van der Waals surface area contributed by atoms with Crippen molar-refractivity contribution < 1.29 is 4.74 Å². The van der Waals surface area contributed by atoms with Gasteiger partial charge in [-0.15, -0.1) is 0 Å². The first-order valence-corrected chi connectivity index (χ1v) is 7.62. The van der Waals surface area contributed by atoms with Gasteiger partial charge in [-0.25, -0.2) is 5.10 Å². The lowest BCUT2D eigenvalue weighted by Gasteiger charge is -2.10. The van der Waals surface area contributed by atoms with Crippen LogP contribution in [0.1, 0.15) is 11.3 Å². The predicted octanol–water partition coefficient (Wildman–Crippen LogP) is 4.46. The molecule has 6 heteroatoms. The number of nitrogens with one attached hydrogen (secondary N) is 1. The second-order valence-corrected chi connectivity index (χ2v) is 5.76. The summed E-state index contributed by atoms with van der Waals surface area (Å²) in [5.41, 5.74) is 1.49. The molecule has 0 saturated heterocycles. The fourth-order valence-electron chi connectivity index (χ4n) is 2.07. The van der Waals surface area contributed by atoms with Crippen LogP contribution in [0.4, 0.5) is 0 Å². The minimum absolute atomic E-state index is 0.227. The standard InChI is InChI=1S/C17H12Cl2N2O2/c18-12-2-1-3-14(10-12)23-16-9-11(4-6-15(16)19)8-13-5-7-17(22)21-20-13/h1-7,9-10H,8H2,(H,21,22). The first-order valence-electron chi connectivity index (χ1n) is 6.86. The van der Waals surface area contributed by atoms with Crippen LogP contribution in [0.5, 0.6) is 11.5 Å². The van der Waals surface area contributed by atoms with Crippen LogP contribution in [-0.4, -0.2) is 10.2 Å². The van der Waals surface area contributed by atoms with Crippen LogP contribution in [0.3, 0.4) is 0 Å². The minimum Gasteiger partial charge on any atom is -0.456 e. The lowest BCUT2D eigenvalue weighted by molar-refractivity contribution is 0.482. The van der Waals surface area contributed by atoms with Crippen LogP contribution < -0.4 is 10.3 Å². The van der Waals surface area contributed by atoms with Gasteiger partial charge in [-0.05, 0) is 42.0 Å². The molecule has 0 fully saturated rings. The molecule has 0 aliphatic heterocycles. The monoisotopic (exact) mass is 346 g/mol. The molecule has 0 aliphatic rings. The number of hydrogen-bond donors (Lipinski definition) is 1. The summed E-state index contributed by atoms with van der Waals surface area (Å²) in [4.78, 5) is 11.0. The number of ether oxygens (including phenoxy) is 1. The van der Waals surface area contributed by atoms with Crippen molar-refractivity contribution in [3.63, 3.8) is 0 Å². The zero-order valence-corrected chi connectivity index (χ0v) is 13.4. The van der Waals surface area contributed by atoms with Crippen LogP contribution in [-0.2, 0) is 6.42 Å². The summed E-state index contributed by atoms with van der Waals surface area (Å²) in [7, 11) is 0. The maximum absolute atomic E-state index is 11.0. The van der Waals surface area contributed by atoms with E-state index in [0.717, 1.165) is 11.3 Å². The molecule has 1 aromatic heterocycles. The van der Waals surface area contributed by atoms with Gasteiger partial charge in [-0.3, -0.25) is 4.79 Å². The van der Waals surface area contributed by atoms with Crippen molar-refractivity contribution in [3.05, 3.63) is 86.3 Å². The minimum atomic E-state index is -0.227. The number of benzene rings is 2. The molecule has 0 bridgehead atoms. The third kappa shape index (κ3) is 4.12. The van der Waals surface area contributed by atoms with E-state index in [0.29, 0.717) is 28.0 Å². The Morgan fingerprint density at radius 1 is 1.04 bits per heavy atom. The van der Waals surface area contributed by atoms with E-state index in [1.165, 1.54) is 6.07 Å². The maximum atomic E-state index is 11.0.